The monoisotopic (exact) mass is 473 g/mol. The lowest BCUT2D eigenvalue weighted by Gasteiger charge is -2.23. The summed E-state index contributed by atoms with van der Waals surface area (Å²) in [6.07, 6.45) is -5.55. The topological polar surface area (TPSA) is 113 Å². The number of alkyl halides is 5. The molecule has 1 aromatic carbocycles. The number of ether oxygens (including phenoxy) is 1. The molecule has 0 fully saturated rings. The Kier molecular flexibility index (Phi) is 6.19. The first-order valence-corrected chi connectivity index (χ1v) is 8.96. The van der Waals surface area contributed by atoms with Crippen LogP contribution in [-0.2, 0) is 12.7 Å². The molecule has 0 aliphatic carbocycles. The van der Waals surface area contributed by atoms with E-state index in [4.69, 9.17) is 10.00 Å². The molecule has 0 spiro atoms. The minimum atomic E-state index is -5.17. The summed E-state index contributed by atoms with van der Waals surface area (Å²) >= 11 is 0. The number of nitrogens with zero attached hydrogens (tertiary/aromatic N) is 4. The second-order valence-electron chi connectivity index (χ2n) is 6.82. The Bertz CT molecular complexity index is 1240. The highest BCUT2D eigenvalue weighted by molar-refractivity contribution is 6.01. The summed E-state index contributed by atoms with van der Waals surface area (Å²) in [4.78, 5) is 15.9. The first-order chi connectivity index (χ1) is 15.3. The van der Waals surface area contributed by atoms with E-state index in [2.05, 4.69) is 10.1 Å². The number of hydrazone groups is 1. The molecule has 3 rings (SSSR count). The zero-order valence-electron chi connectivity index (χ0n) is 16.5. The highest BCUT2D eigenvalue weighted by Gasteiger charge is 2.39. The quantitative estimate of drug-likeness (QED) is 0.646. The highest BCUT2D eigenvalue weighted by atomic mass is 19.4. The van der Waals surface area contributed by atoms with Gasteiger partial charge in [0.15, 0.2) is 23.5 Å². The Morgan fingerprint density at radius 3 is 2.61 bits per heavy atom. The number of hydrogen-bond acceptors (Lipinski definition) is 7. The van der Waals surface area contributed by atoms with Gasteiger partial charge in [-0.3, -0.25) is 14.8 Å². The van der Waals surface area contributed by atoms with Crippen molar-refractivity contribution >= 4 is 5.71 Å². The van der Waals surface area contributed by atoms with Gasteiger partial charge in [-0.05, 0) is 18.2 Å². The summed E-state index contributed by atoms with van der Waals surface area (Å²) in [7, 11) is 0. The number of aromatic nitrogens is 2. The third-order valence-electron chi connectivity index (χ3n) is 4.34. The van der Waals surface area contributed by atoms with Gasteiger partial charge in [0.05, 0.1) is 18.4 Å². The molecule has 174 valence electrons. The van der Waals surface area contributed by atoms with Crippen molar-refractivity contribution < 1.29 is 36.2 Å². The third kappa shape index (κ3) is 4.98. The number of nitriles is 1. The molecular formula is C19H13F6N5O3. The third-order valence-corrected chi connectivity index (χ3v) is 4.34. The van der Waals surface area contributed by atoms with Gasteiger partial charge in [0.2, 0.25) is 5.75 Å². The van der Waals surface area contributed by atoms with E-state index in [9.17, 15) is 36.2 Å². The van der Waals surface area contributed by atoms with Crippen LogP contribution in [0.2, 0.25) is 0 Å². The second-order valence-corrected chi connectivity index (χ2v) is 6.82. The van der Waals surface area contributed by atoms with Crippen LogP contribution in [0.4, 0.5) is 26.3 Å². The number of nitrogens with one attached hydrogen (secondary N) is 1. The molecule has 8 nitrogen and oxygen atoms in total. The Labute approximate surface area is 181 Å². The Hall–Kier alpha value is -3.86. The molecule has 0 saturated carbocycles. The molecule has 0 radical (unpaired) electrons. The molecule has 2 heterocycles. The van der Waals surface area contributed by atoms with Crippen LogP contribution in [0.15, 0.2) is 46.1 Å². The van der Waals surface area contributed by atoms with Crippen LogP contribution in [0.1, 0.15) is 18.2 Å². The van der Waals surface area contributed by atoms with Gasteiger partial charge in [-0.25, -0.2) is 9.37 Å². The van der Waals surface area contributed by atoms with Crippen LogP contribution in [0.25, 0.3) is 0 Å². The summed E-state index contributed by atoms with van der Waals surface area (Å²) in [5.74, 6) is -6.97. The summed E-state index contributed by atoms with van der Waals surface area (Å²) in [5, 5.41) is 22.1. The molecule has 1 aromatic heterocycles. The Morgan fingerprint density at radius 2 is 2.00 bits per heavy atom. The molecule has 0 amide bonds. The zero-order chi connectivity index (χ0) is 24.6. The van der Waals surface area contributed by atoms with Gasteiger partial charge in [0.25, 0.3) is 11.5 Å². The molecule has 2 aromatic rings. The summed E-state index contributed by atoms with van der Waals surface area (Å²) in [6.45, 7) is -0.147. The van der Waals surface area contributed by atoms with Gasteiger partial charge in [-0.2, -0.15) is 32.3 Å². The summed E-state index contributed by atoms with van der Waals surface area (Å²) in [5.41, 5.74) is -2.79. The maximum Gasteiger partial charge on any atom is 0.437 e. The largest absolute Gasteiger partial charge is 0.446 e. The van der Waals surface area contributed by atoms with Crippen LogP contribution >= 0.6 is 0 Å². The fourth-order valence-electron chi connectivity index (χ4n) is 2.72. The lowest BCUT2D eigenvalue weighted by molar-refractivity contribution is -0.142. The fraction of sp³-hybridized carbons (Fsp3) is 0.263. The molecule has 33 heavy (non-hydrogen) atoms. The maximum atomic E-state index is 14.3. The summed E-state index contributed by atoms with van der Waals surface area (Å²) < 4.78 is 87.1. The number of halogens is 6. The lowest BCUT2D eigenvalue weighted by atomic mass is 10.1. The molecule has 1 aliphatic rings. The predicted molar refractivity (Wildman–Crippen MR) is 100.0 cm³/mol. The van der Waals surface area contributed by atoms with E-state index in [1.165, 1.54) is 6.07 Å². The first kappa shape index (κ1) is 23.8. The predicted octanol–water partition coefficient (Wildman–Crippen LogP) is 2.92. The van der Waals surface area contributed by atoms with E-state index in [1.54, 1.807) is 0 Å². The molecule has 1 atom stereocenters. The van der Waals surface area contributed by atoms with Crippen molar-refractivity contribution in [3.05, 3.63) is 63.6 Å². The van der Waals surface area contributed by atoms with Gasteiger partial charge in [0, 0.05) is 12.5 Å². The molecule has 1 unspecified atom stereocenters. The van der Waals surface area contributed by atoms with Gasteiger partial charge in [-0.1, -0.05) is 6.07 Å². The Morgan fingerprint density at radius 1 is 1.30 bits per heavy atom. The minimum Gasteiger partial charge on any atom is -0.446 e. The van der Waals surface area contributed by atoms with Crippen molar-refractivity contribution in [2.75, 3.05) is 0 Å². The Balaban J connectivity index is 2.08. The average molecular weight is 473 g/mol. The number of rotatable bonds is 5. The first-order valence-electron chi connectivity index (χ1n) is 8.96. The average Bonchev–Trinajstić information content (AvgIpc) is 2.72. The smallest absolute Gasteiger partial charge is 0.437 e. The van der Waals surface area contributed by atoms with Gasteiger partial charge in [0.1, 0.15) is 11.8 Å². The number of benzene rings is 1. The maximum absolute atomic E-state index is 14.3. The van der Waals surface area contributed by atoms with E-state index in [1.807, 2.05) is 5.43 Å². The molecule has 1 aliphatic heterocycles. The zero-order valence-corrected chi connectivity index (χ0v) is 16.5. The minimum absolute atomic E-state index is 0.242. The highest BCUT2D eigenvalue weighted by Crippen LogP contribution is 2.35. The van der Waals surface area contributed by atoms with Crippen molar-refractivity contribution in [3.8, 4) is 17.6 Å². The number of allylic oxidation sites excluding steroid dienone is 1. The number of aliphatic hydroxyl groups is 1. The SMILES string of the molecule is CC(F)(F)C1=NNC(O)C(Cn2cnc(C(F)(F)F)c(Oc3cccc(C#N)c3F)c2=O)=C1. The molecule has 0 bridgehead atoms. The van der Waals surface area contributed by atoms with Crippen LogP contribution in [0.5, 0.6) is 11.5 Å². The van der Waals surface area contributed by atoms with E-state index < -0.39 is 64.7 Å². The van der Waals surface area contributed by atoms with Crippen LogP contribution in [-0.4, -0.2) is 32.5 Å². The van der Waals surface area contributed by atoms with Gasteiger partial charge in [-0.15, -0.1) is 0 Å². The van der Waals surface area contributed by atoms with Crippen molar-refractivity contribution in [3.63, 3.8) is 0 Å². The van der Waals surface area contributed by atoms with Crippen LogP contribution in [0.3, 0.4) is 0 Å². The molecule has 0 saturated heterocycles. The fourth-order valence-corrected chi connectivity index (χ4v) is 2.72. The van der Waals surface area contributed by atoms with Crippen LogP contribution in [0, 0.1) is 17.1 Å². The van der Waals surface area contributed by atoms with Crippen molar-refractivity contribution in [1.82, 2.24) is 15.0 Å². The van der Waals surface area contributed by atoms with Crippen molar-refractivity contribution in [1.29, 1.82) is 5.26 Å². The van der Waals surface area contributed by atoms with Crippen molar-refractivity contribution in [2.45, 2.75) is 31.8 Å². The van der Waals surface area contributed by atoms with E-state index in [0.29, 0.717) is 17.8 Å². The van der Waals surface area contributed by atoms with E-state index in [0.717, 1.165) is 24.3 Å². The lowest BCUT2D eigenvalue weighted by Crippen LogP contribution is -2.39. The number of hydrogen-bond donors (Lipinski definition) is 2. The van der Waals surface area contributed by atoms with Crippen molar-refractivity contribution in [2.24, 2.45) is 5.10 Å². The molecular weight excluding hydrogens is 460 g/mol. The number of aliphatic hydroxyl groups excluding tert-OH is 1. The standard InChI is InChI=1S/C19H13F6N5O3/c1-18(21,22)12-5-10(16(31)29-28-12)7-30-8-27-15(19(23,24)25)14(17(30)32)33-11-4-2-3-9(6-26)13(11)20/h2-5,8,16,29,31H,7H2,1H3. The van der Waals surface area contributed by atoms with Crippen LogP contribution < -0.4 is 15.7 Å². The van der Waals surface area contributed by atoms with E-state index >= 15 is 0 Å². The molecule has 2 N–H and O–H groups in total. The normalized spacial score (nSPS) is 16.4. The molecule has 14 heteroatoms. The van der Waals surface area contributed by atoms with E-state index in [-0.39, 0.29) is 5.57 Å². The second kappa shape index (κ2) is 8.58. The summed E-state index contributed by atoms with van der Waals surface area (Å²) in [6, 6.07) is 4.54. The van der Waals surface area contributed by atoms with Gasteiger partial charge < -0.3 is 9.84 Å². The van der Waals surface area contributed by atoms with Gasteiger partial charge >= 0.3 is 6.18 Å².